The summed E-state index contributed by atoms with van der Waals surface area (Å²) in [5.74, 6) is 1.52. The van der Waals surface area contributed by atoms with Crippen molar-refractivity contribution in [3.63, 3.8) is 0 Å². The van der Waals surface area contributed by atoms with Crippen LogP contribution >= 0.6 is 0 Å². The highest BCUT2D eigenvalue weighted by Gasteiger charge is 2.25. The van der Waals surface area contributed by atoms with Crippen molar-refractivity contribution < 1.29 is 4.74 Å². The predicted octanol–water partition coefficient (Wildman–Crippen LogP) is 3.88. The summed E-state index contributed by atoms with van der Waals surface area (Å²) in [5, 5.41) is 0. The van der Waals surface area contributed by atoms with Crippen molar-refractivity contribution in [3.8, 4) is 5.75 Å². The number of nitrogens with two attached hydrogens (primary N) is 1. The number of hydrogen-bond donors (Lipinski definition) is 1. The minimum absolute atomic E-state index is 0.166. The molecule has 2 atom stereocenters. The van der Waals surface area contributed by atoms with Crippen LogP contribution in [0.25, 0.3) is 0 Å². The standard InChI is InChI=1S/C17H27NO/c1-17(2,3)14-8-6-9-15(11-14)19-16-10-5-4-7-13(16)12-18/h6,8-9,11,13,16H,4-5,7,10,12,18H2,1-3H3. The van der Waals surface area contributed by atoms with Crippen LogP contribution in [0, 0.1) is 5.92 Å². The third kappa shape index (κ3) is 3.73. The number of ether oxygens (including phenoxy) is 1. The van der Waals surface area contributed by atoms with Gasteiger partial charge in [0.05, 0.1) is 0 Å². The van der Waals surface area contributed by atoms with E-state index in [0.717, 1.165) is 18.7 Å². The first-order valence-electron chi connectivity index (χ1n) is 7.48. The van der Waals surface area contributed by atoms with E-state index in [-0.39, 0.29) is 5.41 Å². The monoisotopic (exact) mass is 261 g/mol. The van der Waals surface area contributed by atoms with Crippen molar-refractivity contribution >= 4 is 0 Å². The molecule has 1 aliphatic rings. The highest BCUT2D eigenvalue weighted by Crippen LogP contribution is 2.30. The van der Waals surface area contributed by atoms with Gasteiger partial charge in [-0.15, -0.1) is 0 Å². The van der Waals surface area contributed by atoms with E-state index >= 15 is 0 Å². The van der Waals surface area contributed by atoms with E-state index in [1.54, 1.807) is 0 Å². The van der Waals surface area contributed by atoms with Crippen LogP contribution in [0.3, 0.4) is 0 Å². The summed E-state index contributed by atoms with van der Waals surface area (Å²) in [6.45, 7) is 7.43. The van der Waals surface area contributed by atoms with Crippen molar-refractivity contribution in [3.05, 3.63) is 29.8 Å². The molecule has 2 rings (SSSR count). The van der Waals surface area contributed by atoms with Crippen molar-refractivity contribution in [1.29, 1.82) is 0 Å². The minimum atomic E-state index is 0.166. The first kappa shape index (κ1) is 14.4. The molecule has 0 spiro atoms. The van der Waals surface area contributed by atoms with Crippen molar-refractivity contribution in [2.45, 2.75) is 58.0 Å². The maximum absolute atomic E-state index is 6.21. The molecule has 2 unspecified atom stereocenters. The summed E-state index contributed by atoms with van der Waals surface area (Å²) in [6, 6.07) is 8.52. The summed E-state index contributed by atoms with van der Waals surface area (Å²) >= 11 is 0. The summed E-state index contributed by atoms with van der Waals surface area (Å²) in [7, 11) is 0. The van der Waals surface area contributed by atoms with Gasteiger partial charge >= 0.3 is 0 Å². The fourth-order valence-corrected chi connectivity index (χ4v) is 2.81. The summed E-state index contributed by atoms with van der Waals surface area (Å²) in [4.78, 5) is 0. The molecule has 2 N–H and O–H groups in total. The number of benzene rings is 1. The van der Waals surface area contributed by atoms with Gasteiger partial charge in [0.25, 0.3) is 0 Å². The van der Waals surface area contributed by atoms with E-state index in [0.29, 0.717) is 12.0 Å². The normalized spacial score (nSPS) is 24.2. The molecule has 0 radical (unpaired) electrons. The quantitative estimate of drug-likeness (QED) is 0.896. The molecule has 106 valence electrons. The van der Waals surface area contributed by atoms with Crippen molar-refractivity contribution in [1.82, 2.24) is 0 Å². The van der Waals surface area contributed by atoms with Gasteiger partial charge < -0.3 is 10.5 Å². The topological polar surface area (TPSA) is 35.2 Å². The van der Waals surface area contributed by atoms with Crippen LogP contribution in [0.15, 0.2) is 24.3 Å². The van der Waals surface area contributed by atoms with E-state index in [4.69, 9.17) is 10.5 Å². The summed E-state index contributed by atoms with van der Waals surface area (Å²) in [5.41, 5.74) is 7.36. The highest BCUT2D eigenvalue weighted by molar-refractivity contribution is 5.32. The molecule has 0 bridgehead atoms. The first-order valence-corrected chi connectivity index (χ1v) is 7.48. The zero-order valence-electron chi connectivity index (χ0n) is 12.5. The molecule has 2 nitrogen and oxygen atoms in total. The highest BCUT2D eigenvalue weighted by atomic mass is 16.5. The molecule has 0 aliphatic heterocycles. The molecule has 2 heteroatoms. The van der Waals surface area contributed by atoms with Crippen LogP contribution in [0.1, 0.15) is 52.0 Å². The van der Waals surface area contributed by atoms with Gasteiger partial charge in [-0.2, -0.15) is 0 Å². The van der Waals surface area contributed by atoms with Crippen molar-refractivity contribution in [2.75, 3.05) is 6.54 Å². The largest absolute Gasteiger partial charge is 0.490 e. The lowest BCUT2D eigenvalue weighted by Crippen LogP contribution is -2.35. The Morgan fingerprint density at radius 1 is 1.21 bits per heavy atom. The van der Waals surface area contributed by atoms with Gasteiger partial charge in [0.15, 0.2) is 0 Å². The lowest BCUT2D eigenvalue weighted by Gasteiger charge is -2.31. The van der Waals surface area contributed by atoms with Gasteiger partial charge in [0.1, 0.15) is 11.9 Å². The lowest BCUT2D eigenvalue weighted by atomic mass is 9.86. The van der Waals surface area contributed by atoms with Crippen LogP contribution in [-0.2, 0) is 5.41 Å². The van der Waals surface area contributed by atoms with Gasteiger partial charge in [-0.1, -0.05) is 39.3 Å². The molecule has 0 heterocycles. The molecule has 0 saturated heterocycles. The third-order valence-corrected chi connectivity index (χ3v) is 4.13. The Bertz CT molecular complexity index is 408. The van der Waals surface area contributed by atoms with E-state index in [9.17, 15) is 0 Å². The molecule has 0 amide bonds. The fourth-order valence-electron chi connectivity index (χ4n) is 2.81. The Labute approximate surface area is 117 Å². The molecule has 1 aliphatic carbocycles. The average molecular weight is 261 g/mol. The van der Waals surface area contributed by atoms with E-state index in [1.807, 2.05) is 0 Å². The zero-order chi connectivity index (χ0) is 13.9. The molecule has 0 aromatic heterocycles. The average Bonchev–Trinajstić information content (AvgIpc) is 2.39. The Morgan fingerprint density at radius 2 is 1.95 bits per heavy atom. The molecule has 1 aromatic rings. The number of hydrogen-bond acceptors (Lipinski definition) is 2. The molecule has 1 aromatic carbocycles. The SMILES string of the molecule is CC(C)(C)c1cccc(OC2CCCCC2CN)c1. The second-order valence-electron chi connectivity index (χ2n) is 6.71. The molecule has 1 fully saturated rings. The third-order valence-electron chi connectivity index (χ3n) is 4.13. The summed E-state index contributed by atoms with van der Waals surface area (Å²) in [6.07, 6.45) is 5.21. The maximum atomic E-state index is 6.21. The Morgan fingerprint density at radius 3 is 2.63 bits per heavy atom. The Kier molecular flexibility index (Phi) is 4.51. The minimum Gasteiger partial charge on any atom is -0.490 e. The van der Waals surface area contributed by atoms with Gasteiger partial charge in [-0.25, -0.2) is 0 Å². The predicted molar refractivity (Wildman–Crippen MR) is 80.6 cm³/mol. The zero-order valence-corrected chi connectivity index (χ0v) is 12.5. The second-order valence-corrected chi connectivity index (χ2v) is 6.71. The number of rotatable bonds is 3. The van der Waals surface area contributed by atoms with Crippen LogP contribution in [0.5, 0.6) is 5.75 Å². The maximum Gasteiger partial charge on any atom is 0.120 e. The van der Waals surface area contributed by atoms with Crippen LogP contribution < -0.4 is 10.5 Å². The molecular weight excluding hydrogens is 234 g/mol. The van der Waals surface area contributed by atoms with Crippen LogP contribution in [0.4, 0.5) is 0 Å². The second kappa shape index (κ2) is 5.96. The van der Waals surface area contributed by atoms with E-state index in [1.165, 1.54) is 24.8 Å². The smallest absolute Gasteiger partial charge is 0.120 e. The molecular formula is C17H27NO. The molecule has 19 heavy (non-hydrogen) atoms. The van der Waals surface area contributed by atoms with Gasteiger partial charge in [0, 0.05) is 5.92 Å². The van der Waals surface area contributed by atoms with Crippen molar-refractivity contribution in [2.24, 2.45) is 11.7 Å². The Balaban J connectivity index is 2.10. The van der Waals surface area contributed by atoms with Gasteiger partial charge in [0.2, 0.25) is 0 Å². The molecule has 1 saturated carbocycles. The van der Waals surface area contributed by atoms with E-state index < -0.39 is 0 Å². The van der Waals surface area contributed by atoms with Gasteiger partial charge in [-0.3, -0.25) is 0 Å². The van der Waals surface area contributed by atoms with Gasteiger partial charge in [-0.05, 0) is 48.9 Å². The summed E-state index contributed by atoms with van der Waals surface area (Å²) < 4.78 is 6.21. The first-order chi connectivity index (χ1) is 9.00. The van der Waals surface area contributed by atoms with Crippen LogP contribution in [0.2, 0.25) is 0 Å². The Hall–Kier alpha value is -1.02. The van der Waals surface area contributed by atoms with Crippen LogP contribution in [-0.4, -0.2) is 12.6 Å². The lowest BCUT2D eigenvalue weighted by molar-refractivity contribution is 0.0968. The fraction of sp³-hybridized carbons (Fsp3) is 0.647. The van der Waals surface area contributed by atoms with E-state index in [2.05, 4.69) is 45.0 Å².